The maximum absolute atomic E-state index is 12.1. The molecule has 1 aliphatic rings. The molecule has 1 aromatic carbocycles. The van der Waals surface area contributed by atoms with Crippen LogP contribution >= 0.6 is 23.2 Å². The maximum atomic E-state index is 12.1. The summed E-state index contributed by atoms with van der Waals surface area (Å²) in [7, 11) is -4.01. The van der Waals surface area contributed by atoms with Gasteiger partial charge in [0.05, 0.1) is 15.6 Å². The zero-order valence-corrected chi connectivity index (χ0v) is 13.9. The number of carbonyl (C=O) groups excluding carboxylic acids is 1. The van der Waals surface area contributed by atoms with Gasteiger partial charge in [-0.2, -0.15) is 0 Å². The second-order valence-corrected chi connectivity index (χ2v) is 8.25. The number of sulfonamides is 1. The van der Waals surface area contributed by atoms with Gasteiger partial charge >= 0.3 is 0 Å². The Balaban J connectivity index is 2.21. The van der Waals surface area contributed by atoms with Gasteiger partial charge in [-0.05, 0) is 29.9 Å². The Morgan fingerprint density at radius 1 is 1.38 bits per heavy atom. The molecule has 0 radical (unpaired) electrons. The fraction of sp³-hybridized carbons (Fsp3) is 0.462. The van der Waals surface area contributed by atoms with Crippen LogP contribution in [0.1, 0.15) is 30.6 Å². The number of rotatable bonds is 4. The summed E-state index contributed by atoms with van der Waals surface area (Å²) in [5, 5.41) is 7.79. The van der Waals surface area contributed by atoms with Crippen LogP contribution in [0.2, 0.25) is 10.0 Å². The number of hydrogen-bond donors (Lipinski definition) is 2. The molecule has 116 valence electrons. The van der Waals surface area contributed by atoms with E-state index >= 15 is 0 Å². The van der Waals surface area contributed by atoms with Crippen molar-refractivity contribution in [1.29, 1.82) is 0 Å². The number of benzene rings is 1. The van der Waals surface area contributed by atoms with Crippen molar-refractivity contribution in [2.45, 2.75) is 25.2 Å². The first kappa shape index (κ1) is 16.5. The lowest BCUT2D eigenvalue weighted by atomic mass is 10.1. The SMILES string of the molecule is CC1(C)CC1CNC(=O)c1cc(S(N)(=O)=O)c(Cl)cc1Cl. The number of hydrogen-bond acceptors (Lipinski definition) is 3. The van der Waals surface area contributed by atoms with Gasteiger partial charge in [0.2, 0.25) is 10.0 Å². The number of halogens is 2. The summed E-state index contributed by atoms with van der Waals surface area (Å²) in [6, 6.07) is 2.31. The van der Waals surface area contributed by atoms with E-state index in [2.05, 4.69) is 19.2 Å². The third-order valence-corrected chi connectivity index (χ3v) is 5.49. The molecular weight excluding hydrogens is 335 g/mol. The summed E-state index contributed by atoms with van der Waals surface area (Å²) in [5.41, 5.74) is 0.284. The average Bonchev–Trinajstić information content (AvgIpc) is 2.92. The third-order valence-electron chi connectivity index (χ3n) is 3.80. The standard InChI is InChI=1S/C13H16Cl2N2O3S/c1-13(2)5-7(13)6-17-12(18)8-3-11(21(16,19)20)10(15)4-9(8)14/h3-4,7H,5-6H2,1-2H3,(H,17,18)(H2,16,19,20). The molecule has 0 bridgehead atoms. The van der Waals surface area contributed by atoms with Crippen LogP contribution in [0.5, 0.6) is 0 Å². The number of nitrogens with two attached hydrogens (primary N) is 1. The van der Waals surface area contributed by atoms with Gasteiger partial charge in [0.1, 0.15) is 4.90 Å². The minimum absolute atomic E-state index is 0.0450. The summed E-state index contributed by atoms with van der Waals surface area (Å²) in [6.45, 7) is 4.77. The monoisotopic (exact) mass is 350 g/mol. The van der Waals surface area contributed by atoms with Gasteiger partial charge in [-0.1, -0.05) is 37.0 Å². The first-order valence-electron chi connectivity index (χ1n) is 6.32. The molecule has 5 nitrogen and oxygen atoms in total. The van der Waals surface area contributed by atoms with Crippen LogP contribution in [0.25, 0.3) is 0 Å². The highest BCUT2D eigenvalue weighted by atomic mass is 35.5. The first-order chi connectivity index (χ1) is 9.52. The molecule has 1 aromatic rings. The predicted molar refractivity (Wildman–Crippen MR) is 82.1 cm³/mol. The van der Waals surface area contributed by atoms with Crippen LogP contribution in [-0.4, -0.2) is 20.9 Å². The molecule has 2 rings (SSSR count). The molecule has 0 saturated heterocycles. The van der Waals surface area contributed by atoms with E-state index in [1.54, 1.807) is 0 Å². The van der Waals surface area contributed by atoms with E-state index in [4.69, 9.17) is 28.3 Å². The maximum Gasteiger partial charge on any atom is 0.252 e. The molecule has 0 aromatic heterocycles. The van der Waals surface area contributed by atoms with Crippen molar-refractivity contribution in [3.8, 4) is 0 Å². The Morgan fingerprint density at radius 3 is 2.43 bits per heavy atom. The summed E-state index contributed by atoms with van der Waals surface area (Å²) in [6.07, 6.45) is 1.05. The lowest BCUT2D eigenvalue weighted by Gasteiger charge is -2.10. The zero-order valence-electron chi connectivity index (χ0n) is 11.6. The van der Waals surface area contributed by atoms with Crippen molar-refractivity contribution in [1.82, 2.24) is 5.32 Å². The largest absolute Gasteiger partial charge is 0.352 e. The van der Waals surface area contributed by atoms with Gasteiger partial charge in [-0.15, -0.1) is 0 Å². The average molecular weight is 351 g/mol. The van der Waals surface area contributed by atoms with Crippen LogP contribution in [0.3, 0.4) is 0 Å². The molecule has 1 aliphatic carbocycles. The Bertz CT molecular complexity index is 702. The molecule has 0 aliphatic heterocycles. The normalized spacial score (nSPS) is 20.1. The van der Waals surface area contributed by atoms with Crippen LogP contribution in [-0.2, 0) is 10.0 Å². The Kier molecular flexibility index (Phi) is 4.28. The van der Waals surface area contributed by atoms with E-state index in [1.165, 1.54) is 6.07 Å². The molecule has 1 amide bonds. The summed E-state index contributed by atoms with van der Waals surface area (Å²) < 4.78 is 22.8. The lowest BCUT2D eigenvalue weighted by Crippen LogP contribution is -2.27. The van der Waals surface area contributed by atoms with Crippen molar-refractivity contribution in [2.75, 3.05) is 6.54 Å². The van der Waals surface area contributed by atoms with Gasteiger partial charge in [0, 0.05) is 6.54 Å². The molecule has 1 fully saturated rings. The van der Waals surface area contributed by atoms with Crippen molar-refractivity contribution in [3.05, 3.63) is 27.7 Å². The van der Waals surface area contributed by atoms with Gasteiger partial charge in [-0.3, -0.25) is 4.79 Å². The molecule has 1 saturated carbocycles. The molecule has 3 N–H and O–H groups in total. The van der Waals surface area contributed by atoms with Crippen molar-refractivity contribution >= 4 is 39.1 Å². The lowest BCUT2D eigenvalue weighted by molar-refractivity contribution is 0.0950. The quantitative estimate of drug-likeness (QED) is 0.873. The molecule has 1 atom stereocenters. The molecular formula is C13H16Cl2N2O3S. The number of nitrogens with one attached hydrogen (secondary N) is 1. The zero-order chi connectivity index (χ0) is 16.0. The minimum Gasteiger partial charge on any atom is -0.352 e. The first-order valence-corrected chi connectivity index (χ1v) is 8.62. The predicted octanol–water partition coefficient (Wildman–Crippen LogP) is 2.42. The summed E-state index contributed by atoms with van der Waals surface area (Å²) >= 11 is 11.7. The van der Waals surface area contributed by atoms with Crippen LogP contribution in [0.4, 0.5) is 0 Å². The highest BCUT2D eigenvalue weighted by Gasteiger charge is 2.45. The number of amides is 1. The van der Waals surface area contributed by atoms with Crippen molar-refractivity contribution in [2.24, 2.45) is 16.5 Å². The van der Waals surface area contributed by atoms with E-state index in [9.17, 15) is 13.2 Å². The second-order valence-electron chi connectivity index (χ2n) is 5.91. The van der Waals surface area contributed by atoms with Gasteiger partial charge in [-0.25, -0.2) is 13.6 Å². The Morgan fingerprint density at radius 2 is 1.95 bits per heavy atom. The molecule has 21 heavy (non-hydrogen) atoms. The fourth-order valence-corrected chi connectivity index (χ4v) is 3.56. The van der Waals surface area contributed by atoms with Gasteiger partial charge in [0.25, 0.3) is 5.91 Å². The van der Waals surface area contributed by atoms with Gasteiger partial charge < -0.3 is 5.32 Å². The second kappa shape index (κ2) is 5.43. The topological polar surface area (TPSA) is 89.3 Å². The van der Waals surface area contributed by atoms with Crippen molar-refractivity contribution < 1.29 is 13.2 Å². The van der Waals surface area contributed by atoms with E-state index in [-0.39, 0.29) is 25.9 Å². The van der Waals surface area contributed by atoms with Crippen LogP contribution in [0.15, 0.2) is 17.0 Å². The minimum atomic E-state index is -4.01. The van der Waals surface area contributed by atoms with Crippen LogP contribution < -0.4 is 10.5 Å². The van der Waals surface area contributed by atoms with E-state index < -0.39 is 15.9 Å². The van der Waals surface area contributed by atoms with Gasteiger partial charge in [0.15, 0.2) is 0 Å². The van der Waals surface area contributed by atoms with E-state index in [0.29, 0.717) is 12.5 Å². The summed E-state index contributed by atoms with van der Waals surface area (Å²) in [4.78, 5) is 11.8. The van der Waals surface area contributed by atoms with Crippen molar-refractivity contribution in [3.63, 3.8) is 0 Å². The molecule has 0 heterocycles. The van der Waals surface area contributed by atoms with E-state index in [1.807, 2.05) is 0 Å². The Labute approximate surface area is 133 Å². The molecule has 0 spiro atoms. The van der Waals surface area contributed by atoms with E-state index in [0.717, 1.165) is 12.5 Å². The van der Waals surface area contributed by atoms with Crippen LogP contribution in [0, 0.1) is 11.3 Å². The smallest absolute Gasteiger partial charge is 0.252 e. The number of carbonyl (C=O) groups is 1. The number of primary sulfonamides is 1. The highest BCUT2D eigenvalue weighted by molar-refractivity contribution is 7.89. The Hall–Kier alpha value is -0.820. The third kappa shape index (κ3) is 3.69. The summed E-state index contributed by atoms with van der Waals surface area (Å²) in [5.74, 6) is -0.0190. The molecule has 1 unspecified atom stereocenters. The fourth-order valence-electron chi connectivity index (χ4n) is 2.16. The molecule has 8 heteroatoms. The highest BCUT2D eigenvalue weighted by Crippen LogP contribution is 2.51.